The first-order valence-corrected chi connectivity index (χ1v) is 8.35. The van der Waals surface area contributed by atoms with E-state index in [1.165, 1.54) is 18.2 Å². The standard InChI is InChI=1S/C18H15F3N4O2/c19-18(20,21)27-13-3-1-2-11(8-13)9-25-10-14-15(24-25)6-7-22-16(14)23-17(26)12-4-5-12/h1-3,6-8,10,12H,4-5,9H2,(H,22,23,26). The summed E-state index contributed by atoms with van der Waals surface area (Å²) < 4.78 is 42.6. The Morgan fingerprint density at radius 3 is 2.85 bits per heavy atom. The highest BCUT2D eigenvalue weighted by Gasteiger charge is 2.31. The van der Waals surface area contributed by atoms with Gasteiger partial charge in [-0.1, -0.05) is 12.1 Å². The smallest absolute Gasteiger partial charge is 0.406 e. The molecule has 2 heterocycles. The molecule has 9 heteroatoms. The molecule has 0 radical (unpaired) electrons. The number of rotatable bonds is 5. The second-order valence-corrected chi connectivity index (χ2v) is 6.38. The van der Waals surface area contributed by atoms with E-state index >= 15 is 0 Å². The van der Waals surface area contributed by atoms with E-state index in [2.05, 4.69) is 20.1 Å². The summed E-state index contributed by atoms with van der Waals surface area (Å²) >= 11 is 0. The fraction of sp³-hybridized carbons (Fsp3) is 0.278. The van der Waals surface area contributed by atoms with E-state index in [1.807, 2.05) is 0 Å². The lowest BCUT2D eigenvalue weighted by Gasteiger charge is -2.10. The number of benzene rings is 1. The number of hydrogen-bond acceptors (Lipinski definition) is 4. The molecule has 0 saturated heterocycles. The van der Waals surface area contributed by atoms with E-state index in [0.29, 0.717) is 22.3 Å². The number of nitrogens with one attached hydrogen (secondary N) is 1. The summed E-state index contributed by atoms with van der Waals surface area (Å²) in [6.45, 7) is 0.250. The van der Waals surface area contributed by atoms with Crippen LogP contribution >= 0.6 is 0 Å². The average Bonchev–Trinajstić information content (AvgIpc) is 3.35. The number of anilines is 1. The Kier molecular flexibility index (Phi) is 4.21. The number of hydrogen-bond donors (Lipinski definition) is 1. The summed E-state index contributed by atoms with van der Waals surface area (Å²) in [6.07, 6.45) is 0.302. The van der Waals surface area contributed by atoms with Gasteiger partial charge in [-0.15, -0.1) is 13.2 Å². The van der Waals surface area contributed by atoms with Gasteiger partial charge in [0.05, 0.1) is 17.4 Å². The Bertz CT molecular complexity index is 996. The van der Waals surface area contributed by atoms with Crippen molar-refractivity contribution in [3.63, 3.8) is 0 Å². The number of alkyl halides is 3. The second kappa shape index (κ2) is 6.57. The molecule has 1 aromatic carbocycles. The van der Waals surface area contributed by atoms with Crippen LogP contribution in [0.5, 0.6) is 5.75 Å². The van der Waals surface area contributed by atoms with Crippen LogP contribution in [0.1, 0.15) is 18.4 Å². The number of halogens is 3. The Labute approximate surface area is 152 Å². The van der Waals surface area contributed by atoms with Crippen LogP contribution in [0.25, 0.3) is 10.9 Å². The van der Waals surface area contributed by atoms with Crippen LogP contribution in [-0.2, 0) is 11.3 Å². The zero-order valence-electron chi connectivity index (χ0n) is 14.0. The van der Waals surface area contributed by atoms with Crippen molar-refractivity contribution in [1.29, 1.82) is 0 Å². The SMILES string of the molecule is O=C(Nc1nccc2nn(Cc3cccc(OC(F)(F)F)c3)cc12)C1CC1. The van der Waals surface area contributed by atoms with Crippen LogP contribution in [0.3, 0.4) is 0 Å². The molecule has 6 nitrogen and oxygen atoms in total. The number of carbonyl (C=O) groups excluding carboxylic acids is 1. The molecule has 0 aliphatic heterocycles. The lowest BCUT2D eigenvalue weighted by atomic mass is 10.2. The number of nitrogens with zero attached hydrogens (tertiary/aromatic N) is 3. The second-order valence-electron chi connectivity index (χ2n) is 6.38. The van der Waals surface area contributed by atoms with Crippen molar-refractivity contribution in [2.75, 3.05) is 5.32 Å². The zero-order valence-corrected chi connectivity index (χ0v) is 14.0. The Morgan fingerprint density at radius 1 is 1.30 bits per heavy atom. The first kappa shape index (κ1) is 17.3. The molecule has 27 heavy (non-hydrogen) atoms. The third-order valence-corrected chi connectivity index (χ3v) is 4.15. The minimum atomic E-state index is -4.74. The van der Waals surface area contributed by atoms with Crippen LogP contribution in [0.2, 0.25) is 0 Å². The van der Waals surface area contributed by atoms with Crippen LogP contribution < -0.4 is 10.1 Å². The fourth-order valence-corrected chi connectivity index (χ4v) is 2.77. The van der Waals surface area contributed by atoms with Gasteiger partial charge < -0.3 is 10.1 Å². The molecule has 0 unspecified atom stereocenters. The lowest BCUT2D eigenvalue weighted by molar-refractivity contribution is -0.274. The van der Waals surface area contributed by atoms with Crippen LogP contribution in [-0.4, -0.2) is 27.0 Å². The van der Waals surface area contributed by atoms with E-state index in [4.69, 9.17) is 0 Å². The number of amides is 1. The summed E-state index contributed by atoms with van der Waals surface area (Å²) in [4.78, 5) is 16.2. The highest BCUT2D eigenvalue weighted by atomic mass is 19.4. The summed E-state index contributed by atoms with van der Waals surface area (Å²) in [6, 6.07) is 7.44. The molecule has 2 aromatic heterocycles. The van der Waals surface area contributed by atoms with Crippen molar-refractivity contribution in [2.24, 2.45) is 5.92 Å². The molecule has 1 fully saturated rings. The number of aromatic nitrogens is 3. The van der Waals surface area contributed by atoms with E-state index in [1.54, 1.807) is 29.2 Å². The van der Waals surface area contributed by atoms with E-state index < -0.39 is 6.36 Å². The molecule has 0 spiro atoms. The highest BCUT2D eigenvalue weighted by Crippen LogP contribution is 2.31. The summed E-state index contributed by atoms with van der Waals surface area (Å²) in [5, 5.41) is 7.89. The molecule has 1 saturated carbocycles. The zero-order chi connectivity index (χ0) is 19.0. The Balaban J connectivity index is 1.56. The fourth-order valence-electron chi connectivity index (χ4n) is 2.77. The van der Waals surface area contributed by atoms with Crippen molar-refractivity contribution in [1.82, 2.24) is 14.8 Å². The normalized spacial score (nSPS) is 14.3. The largest absolute Gasteiger partial charge is 0.573 e. The third-order valence-electron chi connectivity index (χ3n) is 4.15. The van der Waals surface area contributed by atoms with Gasteiger partial charge in [-0.25, -0.2) is 4.98 Å². The minimum Gasteiger partial charge on any atom is -0.406 e. The van der Waals surface area contributed by atoms with Crippen LogP contribution in [0.4, 0.5) is 19.0 Å². The maximum atomic E-state index is 12.4. The topological polar surface area (TPSA) is 69.0 Å². The van der Waals surface area contributed by atoms with Gasteiger partial charge >= 0.3 is 6.36 Å². The van der Waals surface area contributed by atoms with Crippen molar-refractivity contribution < 1.29 is 22.7 Å². The van der Waals surface area contributed by atoms with Gasteiger partial charge in [0.2, 0.25) is 5.91 Å². The minimum absolute atomic E-state index is 0.0495. The molecule has 140 valence electrons. The molecule has 3 aromatic rings. The maximum Gasteiger partial charge on any atom is 0.573 e. The Hall–Kier alpha value is -3.10. The monoisotopic (exact) mass is 376 g/mol. The van der Waals surface area contributed by atoms with Crippen molar-refractivity contribution >= 4 is 22.6 Å². The quantitative estimate of drug-likeness (QED) is 0.737. The van der Waals surface area contributed by atoms with Gasteiger partial charge in [-0.2, -0.15) is 5.10 Å². The maximum absolute atomic E-state index is 12.4. The van der Waals surface area contributed by atoms with Crippen molar-refractivity contribution in [3.05, 3.63) is 48.3 Å². The van der Waals surface area contributed by atoms with Gasteiger partial charge in [0.15, 0.2) is 0 Å². The average molecular weight is 376 g/mol. The Morgan fingerprint density at radius 2 is 2.11 bits per heavy atom. The van der Waals surface area contributed by atoms with E-state index in [0.717, 1.165) is 12.8 Å². The first-order chi connectivity index (χ1) is 12.9. The van der Waals surface area contributed by atoms with Crippen molar-refractivity contribution in [2.45, 2.75) is 25.7 Å². The lowest BCUT2D eigenvalue weighted by Crippen LogP contribution is -2.17. The molecule has 0 atom stereocenters. The van der Waals surface area contributed by atoms with Crippen molar-refractivity contribution in [3.8, 4) is 5.75 Å². The first-order valence-electron chi connectivity index (χ1n) is 8.35. The summed E-state index contributed by atoms with van der Waals surface area (Å²) in [7, 11) is 0. The molecule has 1 aliphatic carbocycles. The van der Waals surface area contributed by atoms with Gasteiger partial charge in [0, 0.05) is 18.3 Å². The van der Waals surface area contributed by atoms with Gasteiger partial charge in [0.1, 0.15) is 11.6 Å². The predicted molar refractivity (Wildman–Crippen MR) is 91.1 cm³/mol. The number of ether oxygens (including phenoxy) is 1. The summed E-state index contributed by atoms with van der Waals surface area (Å²) in [5.74, 6) is 0.147. The van der Waals surface area contributed by atoms with Crippen LogP contribution in [0.15, 0.2) is 42.7 Å². The number of fused-ring (bicyclic) bond motifs is 1. The molecule has 1 aliphatic rings. The summed E-state index contributed by atoms with van der Waals surface area (Å²) in [5.41, 5.74) is 1.24. The number of pyridine rings is 1. The van der Waals surface area contributed by atoms with Gasteiger partial charge in [-0.3, -0.25) is 9.48 Å². The van der Waals surface area contributed by atoms with Crippen LogP contribution in [0, 0.1) is 5.92 Å². The number of carbonyl (C=O) groups is 1. The molecule has 0 bridgehead atoms. The molecule has 1 N–H and O–H groups in total. The van der Waals surface area contributed by atoms with Gasteiger partial charge in [0.25, 0.3) is 0 Å². The van der Waals surface area contributed by atoms with E-state index in [9.17, 15) is 18.0 Å². The van der Waals surface area contributed by atoms with Gasteiger partial charge in [-0.05, 0) is 36.6 Å². The predicted octanol–water partition coefficient (Wildman–Crippen LogP) is 3.73. The molecule has 4 rings (SSSR count). The highest BCUT2D eigenvalue weighted by molar-refractivity contribution is 6.00. The van der Waals surface area contributed by atoms with E-state index in [-0.39, 0.29) is 24.1 Å². The molecular formula is C18H15F3N4O2. The third kappa shape index (κ3) is 4.18. The molecule has 1 amide bonds. The molecular weight excluding hydrogens is 361 g/mol.